The molecule has 6 aromatic carbocycles. The van der Waals surface area contributed by atoms with Gasteiger partial charge in [0.05, 0.1) is 11.0 Å². The zero-order chi connectivity index (χ0) is 25.9. The molecule has 184 valence electrons. The fourth-order valence-corrected chi connectivity index (χ4v) is 6.10. The second-order valence-electron chi connectivity index (χ2n) is 10.2. The molecule has 2 aromatic heterocycles. The van der Waals surface area contributed by atoms with Crippen LogP contribution in [0.4, 0.5) is 0 Å². The number of hydrogen-bond acceptors (Lipinski definition) is 1. The highest BCUT2D eigenvalue weighted by atomic mass is 16.3. The SMILES string of the molecule is Cc1ccccc1-c1cccc(-n2c3ccccc3c3cc(-c4cccc5c4oc4ccccc45)ccc32)c1. The van der Waals surface area contributed by atoms with E-state index in [1.54, 1.807) is 0 Å². The Hall–Kier alpha value is -5.08. The third-order valence-corrected chi connectivity index (χ3v) is 7.95. The third-order valence-electron chi connectivity index (χ3n) is 7.95. The quantitative estimate of drug-likeness (QED) is 0.236. The van der Waals surface area contributed by atoms with Crippen molar-refractivity contribution in [2.24, 2.45) is 0 Å². The molecule has 0 fully saturated rings. The first kappa shape index (κ1) is 22.0. The van der Waals surface area contributed by atoms with E-state index in [0.717, 1.165) is 38.8 Å². The molecule has 0 N–H and O–H groups in total. The summed E-state index contributed by atoms with van der Waals surface area (Å²) >= 11 is 0. The van der Waals surface area contributed by atoms with E-state index in [9.17, 15) is 0 Å². The van der Waals surface area contributed by atoms with Crippen LogP contribution in [0.5, 0.6) is 0 Å². The molecule has 0 aliphatic carbocycles. The summed E-state index contributed by atoms with van der Waals surface area (Å²) in [5, 5.41) is 4.78. The van der Waals surface area contributed by atoms with Crippen molar-refractivity contribution in [2.45, 2.75) is 6.92 Å². The molecule has 2 heteroatoms. The molecular formula is C37H25NO. The van der Waals surface area contributed by atoms with Gasteiger partial charge in [-0.3, -0.25) is 0 Å². The van der Waals surface area contributed by atoms with Crippen molar-refractivity contribution in [2.75, 3.05) is 0 Å². The molecule has 0 atom stereocenters. The van der Waals surface area contributed by atoms with Crippen molar-refractivity contribution >= 4 is 43.7 Å². The maximum Gasteiger partial charge on any atom is 0.143 e. The van der Waals surface area contributed by atoms with E-state index in [2.05, 4.69) is 133 Å². The Labute approximate surface area is 226 Å². The highest BCUT2D eigenvalue weighted by molar-refractivity contribution is 6.13. The van der Waals surface area contributed by atoms with Gasteiger partial charge < -0.3 is 8.98 Å². The van der Waals surface area contributed by atoms with Crippen molar-refractivity contribution in [1.82, 2.24) is 4.57 Å². The Bertz CT molecular complexity index is 2190. The molecule has 0 unspecified atom stereocenters. The third kappa shape index (κ3) is 3.35. The van der Waals surface area contributed by atoms with Gasteiger partial charge in [0.15, 0.2) is 0 Å². The lowest BCUT2D eigenvalue weighted by Crippen LogP contribution is -1.94. The van der Waals surface area contributed by atoms with Crippen LogP contribution in [-0.4, -0.2) is 4.57 Å². The van der Waals surface area contributed by atoms with Crippen molar-refractivity contribution in [3.8, 4) is 27.9 Å². The van der Waals surface area contributed by atoms with Crippen LogP contribution in [-0.2, 0) is 0 Å². The first-order valence-corrected chi connectivity index (χ1v) is 13.4. The van der Waals surface area contributed by atoms with Gasteiger partial charge in [0.1, 0.15) is 11.2 Å². The Balaban J connectivity index is 1.36. The number of benzene rings is 6. The fraction of sp³-hybridized carbons (Fsp3) is 0.0270. The van der Waals surface area contributed by atoms with Crippen LogP contribution in [0.2, 0.25) is 0 Å². The predicted octanol–water partition coefficient (Wildman–Crippen LogP) is 10.3. The summed E-state index contributed by atoms with van der Waals surface area (Å²) < 4.78 is 8.76. The van der Waals surface area contributed by atoms with Crippen LogP contribution in [0.25, 0.3) is 71.7 Å². The molecule has 0 spiro atoms. The molecule has 0 saturated carbocycles. The molecule has 8 rings (SSSR count). The van der Waals surface area contributed by atoms with Crippen LogP contribution < -0.4 is 0 Å². The van der Waals surface area contributed by atoms with E-state index in [1.165, 1.54) is 38.5 Å². The summed E-state index contributed by atoms with van der Waals surface area (Å²) in [5.41, 5.74) is 11.5. The normalized spacial score (nSPS) is 11.7. The monoisotopic (exact) mass is 499 g/mol. The van der Waals surface area contributed by atoms with Gasteiger partial charge in [0.2, 0.25) is 0 Å². The maximum atomic E-state index is 6.37. The van der Waals surface area contributed by atoms with Gasteiger partial charge in [0.25, 0.3) is 0 Å². The van der Waals surface area contributed by atoms with E-state index in [0.29, 0.717) is 0 Å². The first-order chi connectivity index (χ1) is 19.3. The van der Waals surface area contributed by atoms with Crippen LogP contribution in [0.15, 0.2) is 138 Å². The van der Waals surface area contributed by atoms with E-state index in [4.69, 9.17) is 4.42 Å². The van der Waals surface area contributed by atoms with Crippen molar-refractivity contribution in [1.29, 1.82) is 0 Å². The lowest BCUT2D eigenvalue weighted by molar-refractivity contribution is 0.670. The zero-order valence-electron chi connectivity index (χ0n) is 21.6. The molecule has 0 bridgehead atoms. The Morgan fingerprint density at radius 1 is 0.487 bits per heavy atom. The van der Waals surface area contributed by atoms with Gasteiger partial charge in [-0.15, -0.1) is 0 Å². The Morgan fingerprint density at radius 3 is 2.10 bits per heavy atom. The molecule has 8 aromatic rings. The predicted molar refractivity (Wildman–Crippen MR) is 164 cm³/mol. The summed E-state index contributed by atoms with van der Waals surface area (Å²) in [6.45, 7) is 2.17. The lowest BCUT2D eigenvalue weighted by atomic mass is 10.00. The minimum absolute atomic E-state index is 0.922. The van der Waals surface area contributed by atoms with Crippen LogP contribution in [0.3, 0.4) is 0 Å². The minimum atomic E-state index is 0.922. The number of aromatic nitrogens is 1. The number of para-hydroxylation sites is 3. The number of rotatable bonds is 3. The average molecular weight is 500 g/mol. The van der Waals surface area contributed by atoms with Gasteiger partial charge in [-0.2, -0.15) is 0 Å². The summed E-state index contributed by atoms with van der Waals surface area (Å²) in [6, 6.07) is 47.7. The molecule has 0 amide bonds. The van der Waals surface area contributed by atoms with Crippen LogP contribution >= 0.6 is 0 Å². The van der Waals surface area contributed by atoms with E-state index >= 15 is 0 Å². The average Bonchev–Trinajstić information content (AvgIpc) is 3.53. The van der Waals surface area contributed by atoms with Gasteiger partial charge in [-0.05, 0) is 65.6 Å². The van der Waals surface area contributed by atoms with Crippen molar-refractivity contribution in [3.63, 3.8) is 0 Å². The summed E-state index contributed by atoms with van der Waals surface area (Å²) in [5.74, 6) is 0. The molecule has 0 aliphatic heterocycles. The topological polar surface area (TPSA) is 18.1 Å². The zero-order valence-corrected chi connectivity index (χ0v) is 21.6. The molecule has 2 heterocycles. The molecule has 0 saturated heterocycles. The van der Waals surface area contributed by atoms with E-state index in [1.807, 2.05) is 12.1 Å². The summed E-state index contributed by atoms with van der Waals surface area (Å²) in [7, 11) is 0. The molecule has 0 radical (unpaired) electrons. The van der Waals surface area contributed by atoms with Crippen molar-refractivity contribution in [3.05, 3.63) is 139 Å². The second-order valence-corrected chi connectivity index (χ2v) is 10.2. The Kier molecular flexibility index (Phi) is 4.77. The first-order valence-electron chi connectivity index (χ1n) is 13.4. The standard InChI is InChI=1S/C37H25NO/c1-24-10-2-3-13-28(24)25-11-8-12-27(22-25)38-34-18-6-4-14-30(34)33-23-26(20-21-35(33)38)29-16-9-17-32-31-15-5-7-19-36(31)39-37(29)32/h2-23H,1H3. The summed E-state index contributed by atoms with van der Waals surface area (Å²) in [6.07, 6.45) is 0. The van der Waals surface area contributed by atoms with Crippen LogP contribution in [0, 0.1) is 6.92 Å². The highest BCUT2D eigenvalue weighted by Crippen LogP contribution is 2.39. The fourth-order valence-electron chi connectivity index (χ4n) is 6.10. The van der Waals surface area contributed by atoms with Gasteiger partial charge >= 0.3 is 0 Å². The lowest BCUT2D eigenvalue weighted by Gasteiger charge is -2.12. The number of fused-ring (bicyclic) bond motifs is 6. The summed E-state index contributed by atoms with van der Waals surface area (Å²) in [4.78, 5) is 0. The highest BCUT2D eigenvalue weighted by Gasteiger charge is 2.16. The van der Waals surface area contributed by atoms with Crippen molar-refractivity contribution < 1.29 is 4.42 Å². The number of nitrogens with zero attached hydrogens (tertiary/aromatic N) is 1. The van der Waals surface area contributed by atoms with Gasteiger partial charge in [-0.25, -0.2) is 0 Å². The van der Waals surface area contributed by atoms with E-state index in [-0.39, 0.29) is 0 Å². The number of aryl methyl sites for hydroxylation is 1. The Morgan fingerprint density at radius 2 is 1.18 bits per heavy atom. The number of hydrogen-bond donors (Lipinski definition) is 0. The molecule has 2 nitrogen and oxygen atoms in total. The largest absolute Gasteiger partial charge is 0.455 e. The second kappa shape index (κ2) is 8.47. The maximum absolute atomic E-state index is 6.37. The van der Waals surface area contributed by atoms with E-state index < -0.39 is 0 Å². The molecule has 0 aliphatic rings. The van der Waals surface area contributed by atoms with Gasteiger partial charge in [-0.1, -0.05) is 97.1 Å². The molecule has 39 heavy (non-hydrogen) atoms. The smallest absolute Gasteiger partial charge is 0.143 e. The minimum Gasteiger partial charge on any atom is -0.455 e. The van der Waals surface area contributed by atoms with Gasteiger partial charge in [0, 0.05) is 32.8 Å². The van der Waals surface area contributed by atoms with Crippen LogP contribution in [0.1, 0.15) is 5.56 Å². The molecular weight excluding hydrogens is 474 g/mol. The number of furan rings is 1.